The number of carbonyl (C=O) groups is 2. The minimum absolute atomic E-state index is 0.127. The molecule has 146 valence electrons. The molecule has 0 spiro atoms. The minimum atomic E-state index is -0.396. The third-order valence-corrected chi connectivity index (χ3v) is 4.88. The summed E-state index contributed by atoms with van der Waals surface area (Å²) >= 11 is 0. The maximum absolute atomic E-state index is 12.3. The number of methoxy groups -OCH3 is 1. The molecule has 1 amide bonds. The average molecular weight is 380 g/mol. The van der Waals surface area contributed by atoms with Crippen LogP contribution in [0.4, 0.5) is 5.69 Å². The fourth-order valence-corrected chi connectivity index (χ4v) is 3.29. The van der Waals surface area contributed by atoms with Crippen LogP contribution in [0.5, 0.6) is 5.75 Å². The Hall–Kier alpha value is -3.28. The van der Waals surface area contributed by atoms with Gasteiger partial charge in [0.25, 0.3) is 5.91 Å². The Morgan fingerprint density at radius 1 is 1.07 bits per heavy atom. The van der Waals surface area contributed by atoms with Crippen LogP contribution in [0, 0.1) is 20.8 Å². The highest BCUT2D eigenvalue weighted by Gasteiger charge is 2.19. The van der Waals surface area contributed by atoms with Gasteiger partial charge in [0.15, 0.2) is 6.61 Å². The Bertz CT molecular complexity index is 1070. The number of carbonyl (C=O) groups excluding carboxylic acids is 2. The standard InChI is InChI=1S/C22H24N2O4/c1-13-6-8-18(14(2)10-13)23-20(25)12-28-16-7-9-19-17(11-16)21(22(26)27-5)15(3)24(19)4/h6-11H,12H2,1-5H3,(H,23,25). The molecule has 0 aliphatic heterocycles. The summed E-state index contributed by atoms with van der Waals surface area (Å²) in [6.07, 6.45) is 0. The molecule has 6 nitrogen and oxygen atoms in total. The molecule has 0 atom stereocenters. The zero-order chi connectivity index (χ0) is 20.4. The van der Waals surface area contributed by atoms with E-state index in [2.05, 4.69) is 5.32 Å². The summed E-state index contributed by atoms with van der Waals surface area (Å²) in [5, 5.41) is 3.59. The van der Waals surface area contributed by atoms with Gasteiger partial charge in [-0.3, -0.25) is 4.79 Å². The molecular weight excluding hydrogens is 356 g/mol. The molecule has 3 rings (SSSR count). The molecule has 2 aromatic carbocycles. The first-order valence-electron chi connectivity index (χ1n) is 8.99. The fourth-order valence-electron chi connectivity index (χ4n) is 3.29. The molecule has 0 aliphatic carbocycles. The summed E-state index contributed by atoms with van der Waals surface area (Å²) in [4.78, 5) is 24.4. The number of aryl methyl sites for hydroxylation is 3. The van der Waals surface area contributed by atoms with Gasteiger partial charge in [-0.05, 0) is 50.6 Å². The van der Waals surface area contributed by atoms with Gasteiger partial charge in [0, 0.05) is 29.3 Å². The molecule has 0 bridgehead atoms. The van der Waals surface area contributed by atoms with Gasteiger partial charge in [-0.15, -0.1) is 0 Å². The third kappa shape index (κ3) is 3.71. The van der Waals surface area contributed by atoms with Crippen LogP contribution in [-0.4, -0.2) is 30.2 Å². The third-order valence-electron chi connectivity index (χ3n) is 4.88. The molecule has 1 N–H and O–H groups in total. The predicted molar refractivity (Wildman–Crippen MR) is 109 cm³/mol. The predicted octanol–water partition coefficient (Wildman–Crippen LogP) is 3.91. The SMILES string of the molecule is COC(=O)c1c(C)n(C)c2ccc(OCC(=O)Nc3ccc(C)cc3C)cc12. The number of esters is 1. The highest BCUT2D eigenvalue weighted by Crippen LogP contribution is 2.29. The quantitative estimate of drug-likeness (QED) is 0.682. The molecule has 1 heterocycles. The van der Waals surface area contributed by atoms with Crippen molar-refractivity contribution >= 4 is 28.5 Å². The minimum Gasteiger partial charge on any atom is -0.484 e. The zero-order valence-corrected chi connectivity index (χ0v) is 16.8. The largest absolute Gasteiger partial charge is 0.484 e. The van der Waals surface area contributed by atoms with Gasteiger partial charge in [0.1, 0.15) is 5.75 Å². The lowest BCUT2D eigenvalue weighted by Crippen LogP contribution is -2.20. The summed E-state index contributed by atoms with van der Waals surface area (Å²) < 4.78 is 12.5. The van der Waals surface area contributed by atoms with Crippen molar-refractivity contribution in [2.24, 2.45) is 7.05 Å². The monoisotopic (exact) mass is 380 g/mol. The molecule has 0 radical (unpaired) electrons. The van der Waals surface area contributed by atoms with Gasteiger partial charge in [0.2, 0.25) is 0 Å². The van der Waals surface area contributed by atoms with E-state index in [9.17, 15) is 9.59 Å². The normalized spacial score (nSPS) is 10.8. The van der Waals surface area contributed by atoms with E-state index in [0.29, 0.717) is 11.3 Å². The second-order valence-electron chi connectivity index (χ2n) is 6.85. The van der Waals surface area contributed by atoms with Crippen molar-refractivity contribution in [2.75, 3.05) is 19.0 Å². The molecule has 28 heavy (non-hydrogen) atoms. The first kappa shape index (κ1) is 19.5. The van der Waals surface area contributed by atoms with E-state index in [1.165, 1.54) is 7.11 Å². The maximum Gasteiger partial charge on any atom is 0.340 e. The smallest absolute Gasteiger partial charge is 0.340 e. The van der Waals surface area contributed by atoms with Gasteiger partial charge in [0.05, 0.1) is 12.7 Å². The first-order valence-corrected chi connectivity index (χ1v) is 8.99. The molecule has 0 saturated carbocycles. The van der Waals surface area contributed by atoms with Gasteiger partial charge in [-0.2, -0.15) is 0 Å². The van der Waals surface area contributed by atoms with Gasteiger partial charge in [-0.25, -0.2) is 4.79 Å². The molecule has 1 aromatic heterocycles. The van der Waals surface area contributed by atoms with Crippen molar-refractivity contribution in [3.05, 3.63) is 58.8 Å². The molecule has 3 aromatic rings. The van der Waals surface area contributed by atoms with Crippen molar-refractivity contribution in [1.82, 2.24) is 4.57 Å². The molecule has 0 aliphatic rings. The maximum atomic E-state index is 12.3. The molecule has 0 saturated heterocycles. The number of nitrogens with zero attached hydrogens (tertiary/aromatic N) is 1. The van der Waals surface area contributed by atoms with Crippen LogP contribution in [0.25, 0.3) is 10.9 Å². The van der Waals surface area contributed by atoms with E-state index >= 15 is 0 Å². The lowest BCUT2D eigenvalue weighted by atomic mass is 10.1. The fraction of sp³-hybridized carbons (Fsp3) is 0.273. The first-order chi connectivity index (χ1) is 13.3. The molecule has 0 unspecified atom stereocenters. The lowest BCUT2D eigenvalue weighted by molar-refractivity contribution is -0.118. The van der Waals surface area contributed by atoms with E-state index in [4.69, 9.17) is 9.47 Å². The number of anilines is 1. The average Bonchev–Trinajstić information content (AvgIpc) is 2.92. The number of nitrogens with one attached hydrogen (secondary N) is 1. The zero-order valence-electron chi connectivity index (χ0n) is 16.8. The van der Waals surface area contributed by atoms with Crippen molar-refractivity contribution in [3.8, 4) is 5.75 Å². The number of fused-ring (bicyclic) bond motifs is 1. The lowest BCUT2D eigenvalue weighted by Gasteiger charge is -2.10. The van der Waals surface area contributed by atoms with Crippen LogP contribution < -0.4 is 10.1 Å². The highest BCUT2D eigenvalue weighted by molar-refractivity contribution is 6.06. The van der Waals surface area contributed by atoms with Crippen LogP contribution in [0.1, 0.15) is 27.2 Å². The summed E-state index contributed by atoms with van der Waals surface area (Å²) in [6.45, 7) is 5.69. The van der Waals surface area contributed by atoms with E-state index in [0.717, 1.165) is 33.4 Å². The number of hydrogen-bond acceptors (Lipinski definition) is 4. The Morgan fingerprint density at radius 3 is 2.50 bits per heavy atom. The van der Waals surface area contributed by atoms with Gasteiger partial charge >= 0.3 is 5.97 Å². The van der Waals surface area contributed by atoms with Gasteiger partial charge < -0.3 is 19.4 Å². The van der Waals surface area contributed by atoms with Crippen molar-refractivity contribution in [3.63, 3.8) is 0 Å². The highest BCUT2D eigenvalue weighted by atomic mass is 16.5. The number of hydrogen-bond donors (Lipinski definition) is 1. The summed E-state index contributed by atoms with van der Waals surface area (Å²) in [5.41, 5.74) is 5.11. The summed E-state index contributed by atoms with van der Waals surface area (Å²) in [5.74, 6) is -0.128. The number of ether oxygens (including phenoxy) is 2. The number of amides is 1. The second-order valence-corrected chi connectivity index (χ2v) is 6.85. The topological polar surface area (TPSA) is 69.6 Å². The number of benzene rings is 2. The van der Waals surface area contributed by atoms with Crippen LogP contribution in [0.2, 0.25) is 0 Å². The van der Waals surface area contributed by atoms with Crippen LogP contribution in [0.3, 0.4) is 0 Å². The second kappa shape index (κ2) is 7.76. The number of aromatic nitrogens is 1. The van der Waals surface area contributed by atoms with Crippen LogP contribution in [0.15, 0.2) is 36.4 Å². The van der Waals surface area contributed by atoms with E-state index < -0.39 is 5.97 Å². The van der Waals surface area contributed by atoms with Crippen LogP contribution in [-0.2, 0) is 16.6 Å². The molecule has 6 heteroatoms. The Labute approximate surface area is 164 Å². The number of rotatable bonds is 5. The van der Waals surface area contributed by atoms with E-state index in [1.807, 2.05) is 56.7 Å². The van der Waals surface area contributed by atoms with Crippen molar-refractivity contribution in [1.29, 1.82) is 0 Å². The Kier molecular flexibility index (Phi) is 5.40. The Morgan fingerprint density at radius 2 is 1.82 bits per heavy atom. The van der Waals surface area contributed by atoms with Crippen molar-refractivity contribution < 1.29 is 19.1 Å². The van der Waals surface area contributed by atoms with Crippen LogP contribution >= 0.6 is 0 Å². The Balaban J connectivity index is 1.77. The summed E-state index contributed by atoms with van der Waals surface area (Å²) in [7, 11) is 3.25. The van der Waals surface area contributed by atoms with E-state index in [1.54, 1.807) is 12.1 Å². The summed E-state index contributed by atoms with van der Waals surface area (Å²) in [6, 6.07) is 11.3. The van der Waals surface area contributed by atoms with Crippen molar-refractivity contribution in [2.45, 2.75) is 20.8 Å². The van der Waals surface area contributed by atoms with Gasteiger partial charge in [-0.1, -0.05) is 17.7 Å². The van der Waals surface area contributed by atoms with E-state index in [-0.39, 0.29) is 12.5 Å². The molecular formula is C22H24N2O4. The molecule has 0 fully saturated rings.